The van der Waals surface area contributed by atoms with E-state index in [1.165, 1.54) is 11.3 Å². The third-order valence-electron chi connectivity index (χ3n) is 3.62. The van der Waals surface area contributed by atoms with Gasteiger partial charge in [0.05, 0.1) is 17.1 Å². The molecule has 2 heterocycles. The predicted octanol–water partition coefficient (Wildman–Crippen LogP) is 6.15. The van der Waals surface area contributed by atoms with Gasteiger partial charge in [-0.1, -0.05) is 23.2 Å². The van der Waals surface area contributed by atoms with Crippen molar-refractivity contribution in [2.45, 2.75) is 6.54 Å². The van der Waals surface area contributed by atoms with Crippen LogP contribution < -0.4 is 5.32 Å². The van der Waals surface area contributed by atoms with Gasteiger partial charge in [-0.05, 0) is 30.3 Å². The number of benzene rings is 2. The van der Waals surface area contributed by atoms with Crippen LogP contribution >= 0.6 is 34.5 Å². The minimum absolute atomic E-state index is 0.0240. The topological polar surface area (TPSA) is 51.0 Å². The van der Waals surface area contributed by atoms with Crippen molar-refractivity contribution in [3.05, 3.63) is 62.5 Å². The van der Waals surface area contributed by atoms with Crippen LogP contribution in [0.25, 0.3) is 22.6 Å². The summed E-state index contributed by atoms with van der Waals surface area (Å²) in [5, 5.41) is 3.26. The van der Waals surface area contributed by atoms with Crippen molar-refractivity contribution in [3.8, 4) is 11.5 Å². The second kappa shape index (κ2) is 6.83. The lowest BCUT2D eigenvalue weighted by Crippen LogP contribution is -1.96. The minimum Gasteiger partial charge on any atom is -0.436 e. The lowest BCUT2D eigenvalue weighted by Gasteiger charge is -2.03. The molecule has 132 valence electrons. The summed E-state index contributed by atoms with van der Waals surface area (Å²) in [5.74, 6) is -1.92. The Kier molecular flexibility index (Phi) is 4.52. The molecule has 0 aliphatic rings. The Bertz CT molecular complexity index is 1110. The standard InChI is InChI=1S/C17H9Cl2F2N3OS/c18-11-5-13(21)12(20)4-10(11)16-24-14-3-8(1-2-15(14)25-16)22-6-9-7-23-17(19)26-9/h1-5,7,22H,6H2. The van der Waals surface area contributed by atoms with Gasteiger partial charge in [-0.15, -0.1) is 11.3 Å². The summed E-state index contributed by atoms with van der Waals surface area (Å²) in [5.41, 5.74) is 2.08. The maximum Gasteiger partial charge on any atom is 0.228 e. The van der Waals surface area contributed by atoms with E-state index < -0.39 is 11.6 Å². The van der Waals surface area contributed by atoms with Crippen molar-refractivity contribution in [2.24, 2.45) is 0 Å². The quantitative estimate of drug-likeness (QED) is 0.409. The molecule has 0 saturated carbocycles. The molecule has 2 aromatic heterocycles. The van der Waals surface area contributed by atoms with Crippen molar-refractivity contribution in [3.63, 3.8) is 0 Å². The summed E-state index contributed by atoms with van der Waals surface area (Å²) < 4.78 is 32.8. The number of hydrogen-bond donors (Lipinski definition) is 1. The number of aromatic nitrogens is 2. The number of fused-ring (bicyclic) bond motifs is 1. The van der Waals surface area contributed by atoms with Gasteiger partial charge in [0.2, 0.25) is 5.89 Å². The molecule has 0 bridgehead atoms. The zero-order valence-corrected chi connectivity index (χ0v) is 15.2. The maximum atomic E-state index is 13.5. The molecule has 0 saturated heterocycles. The molecule has 2 aromatic carbocycles. The second-order valence-corrected chi connectivity index (χ2v) is 7.49. The van der Waals surface area contributed by atoms with Crippen molar-refractivity contribution < 1.29 is 13.2 Å². The molecule has 0 spiro atoms. The van der Waals surface area contributed by atoms with E-state index in [1.54, 1.807) is 18.3 Å². The molecule has 0 aliphatic heterocycles. The van der Waals surface area contributed by atoms with E-state index in [9.17, 15) is 8.78 Å². The van der Waals surface area contributed by atoms with E-state index in [2.05, 4.69) is 15.3 Å². The average molecular weight is 412 g/mol. The van der Waals surface area contributed by atoms with Gasteiger partial charge >= 0.3 is 0 Å². The summed E-state index contributed by atoms with van der Waals surface area (Å²) in [6, 6.07) is 7.22. The van der Waals surface area contributed by atoms with Crippen LogP contribution in [-0.2, 0) is 6.54 Å². The first kappa shape index (κ1) is 17.2. The number of thiazole rings is 1. The van der Waals surface area contributed by atoms with Crippen molar-refractivity contribution in [1.29, 1.82) is 0 Å². The van der Waals surface area contributed by atoms with Crippen LogP contribution in [-0.4, -0.2) is 9.97 Å². The van der Waals surface area contributed by atoms with Crippen LogP contribution in [0.4, 0.5) is 14.5 Å². The number of hydrogen-bond acceptors (Lipinski definition) is 5. The van der Waals surface area contributed by atoms with E-state index in [4.69, 9.17) is 27.6 Å². The number of anilines is 1. The number of halogens is 4. The van der Waals surface area contributed by atoms with Gasteiger partial charge < -0.3 is 9.73 Å². The number of rotatable bonds is 4. The highest BCUT2D eigenvalue weighted by molar-refractivity contribution is 7.15. The first-order chi connectivity index (χ1) is 12.5. The zero-order chi connectivity index (χ0) is 18.3. The third-order valence-corrected chi connectivity index (χ3v) is 5.05. The molecule has 4 rings (SSSR count). The fraction of sp³-hybridized carbons (Fsp3) is 0.0588. The highest BCUT2D eigenvalue weighted by atomic mass is 35.5. The Balaban J connectivity index is 1.62. The van der Waals surface area contributed by atoms with Crippen LogP contribution in [0, 0.1) is 11.6 Å². The van der Waals surface area contributed by atoms with E-state index in [1.807, 2.05) is 6.07 Å². The van der Waals surface area contributed by atoms with Crippen LogP contribution in [0.2, 0.25) is 9.49 Å². The van der Waals surface area contributed by atoms with Crippen molar-refractivity contribution >= 4 is 51.3 Å². The summed E-state index contributed by atoms with van der Waals surface area (Å²) in [4.78, 5) is 9.30. The molecular weight excluding hydrogens is 403 g/mol. The minimum atomic E-state index is -1.02. The Labute approximate surface area is 160 Å². The summed E-state index contributed by atoms with van der Waals surface area (Å²) in [7, 11) is 0. The smallest absolute Gasteiger partial charge is 0.228 e. The van der Waals surface area contributed by atoms with Gasteiger partial charge in [-0.2, -0.15) is 0 Å². The predicted molar refractivity (Wildman–Crippen MR) is 98.8 cm³/mol. The van der Waals surface area contributed by atoms with Gasteiger partial charge in [0.15, 0.2) is 21.7 Å². The molecule has 4 aromatic rings. The van der Waals surface area contributed by atoms with Gasteiger partial charge in [-0.3, -0.25) is 0 Å². The molecule has 0 atom stereocenters. The molecule has 9 heteroatoms. The van der Waals surface area contributed by atoms with Crippen molar-refractivity contribution in [2.75, 3.05) is 5.32 Å². The van der Waals surface area contributed by atoms with Gasteiger partial charge in [0.1, 0.15) is 5.52 Å². The Morgan fingerprint density at radius 3 is 2.69 bits per heavy atom. The van der Waals surface area contributed by atoms with Gasteiger partial charge in [-0.25, -0.2) is 18.7 Å². The Morgan fingerprint density at radius 1 is 1.12 bits per heavy atom. The third kappa shape index (κ3) is 3.38. The van der Waals surface area contributed by atoms with Crippen LogP contribution in [0.5, 0.6) is 0 Å². The average Bonchev–Trinajstić information content (AvgIpc) is 3.21. The highest BCUT2D eigenvalue weighted by Gasteiger charge is 2.16. The SMILES string of the molecule is Fc1cc(Cl)c(-c2nc3cc(NCc4cnc(Cl)s4)ccc3o2)cc1F. The fourth-order valence-corrected chi connectivity index (χ4v) is 3.54. The van der Waals surface area contributed by atoms with Crippen molar-refractivity contribution in [1.82, 2.24) is 9.97 Å². The first-order valence-corrected chi connectivity index (χ1v) is 8.96. The zero-order valence-electron chi connectivity index (χ0n) is 12.9. The van der Waals surface area contributed by atoms with Crippen LogP contribution in [0.15, 0.2) is 40.9 Å². The molecule has 0 radical (unpaired) electrons. The lowest BCUT2D eigenvalue weighted by atomic mass is 10.2. The lowest BCUT2D eigenvalue weighted by molar-refractivity contribution is 0.508. The number of nitrogens with zero attached hydrogens (tertiary/aromatic N) is 2. The summed E-state index contributed by atoms with van der Waals surface area (Å²) in [6.07, 6.45) is 1.71. The molecule has 26 heavy (non-hydrogen) atoms. The molecule has 0 fully saturated rings. The monoisotopic (exact) mass is 411 g/mol. The van der Waals surface area contributed by atoms with E-state index in [-0.39, 0.29) is 16.5 Å². The van der Waals surface area contributed by atoms with Crippen LogP contribution in [0.1, 0.15) is 4.88 Å². The number of oxazole rings is 1. The van der Waals surface area contributed by atoms with E-state index in [0.29, 0.717) is 22.1 Å². The number of nitrogens with one attached hydrogen (secondary N) is 1. The van der Waals surface area contributed by atoms with Crippen LogP contribution in [0.3, 0.4) is 0 Å². The maximum absolute atomic E-state index is 13.5. The van der Waals surface area contributed by atoms with E-state index >= 15 is 0 Å². The molecule has 0 unspecified atom stereocenters. The molecule has 0 aliphatic carbocycles. The summed E-state index contributed by atoms with van der Waals surface area (Å²) >= 11 is 13.2. The van der Waals surface area contributed by atoms with Gasteiger partial charge in [0.25, 0.3) is 0 Å². The normalized spacial score (nSPS) is 11.2. The van der Waals surface area contributed by atoms with Gasteiger partial charge in [0, 0.05) is 16.8 Å². The molecular formula is C17H9Cl2F2N3OS. The summed E-state index contributed by atoms with van der Waals surface area (Å²) in [6.45, 7) is 0.565. The highest BCUT2D eigenvalue weighted by Crippen LogP contribution is 2.32. The second-order valence-electron chi connectivity index (χ2n) is 5.38. The first-order valence-electron chi connectivity index (χ1n) is 7.39. The Hall–Kier alpha value is -2.22. The molecule has 4 nitrogen and oxygen atoms in total. The largest absolute Gasteiger partial charge is 0.436 e. The van der Waals surface area contributed by atoms with E-state index in [0.717, 1.165) is 22.7 Å². The Morgan fingerprint density at radius 2 is 1.92 bits per heavy atom. The molecule has 1 N–H and O–H groups in total. The fourth-order valence-electron chi connectivity index (χ4n) is 2.39. The molecule has 0 amide bonds.